The standard InChI is InChI=1S/C23H29N3O2/c1-23(2,3)25-13-7-15-28-21-11-5-4-9-20(21)26-22(27)16-17-8-6-10-19-18(17)12-14-24-19/h4-6,8-12,14,24-25H,7,13,15-16H2,1-3H3,(H,26,27). The van der Waals surface area contributed by atoms with Crippen LogP contribution in [0.15, 0.2) is 54.7 Å². The summed E-state index contributed by atoms with van der Waals surface area (Å²) in [7, 11) is 0. The number of nitrogens with one attached hydrogen (secondary N) is 3. The van der Waals surface area contributed by atoms with Crippen molar-refractivity contribution in [2.45, 2.75) is 39.2 Å². The molecule has 1 aromatic heterocycles. The molecule has 0 aliphatic heterocycles. The first kappa shape index (κ1) is 20.0. The Morgan fingerprint density at radius 3 is 2.71 bits per heavy atom. The van der Waals surface area contributed by atoms with Crippen LogP contribution < -0.4 is 15.4 Å². The van der Waals surface area contributed by atoms with Crippen LogP contribution in [0.3, 0.4) is 0 Å². The third kappa shape index (κ3) is 5.60. The van der Waals surface area contributed by atoms with E-state index in [2.05, 4.69) is 36.4 Å². The minimum absolute atomic E-state index is 0.0563. The molecular formula is C23H29N3O2. The summed E-state index contributed by atoms with van der Waals surface area (Å²) in [5, 5.41) is 7.51. The number of hydrogen-bond donors (Lipinski definition) is 3. The van der Waals surface area contributed by atoms with Gasteiger partial charge in [-0.25, -0.2) is 0 Å². The third-order valence-corrected chi connectivity index (χ3v) is 4.43. The minimum Gasteiger partial charge on any atom is -0.491 e. The first-order valence-electron chi connectivity index (χ1n) is 9.74. The monoisotopic (exact) mass is 379 g/mol. The molecule has 3 rings (SSSR count). The van der Waals surface area contributed by atoms with E-state index in [1.165, 1.54) is 0 Å². The molecule has 0 aliphatic carbocycles. The van der Waals surface area contributed by atoms with E-state index < -0.39 is 0 Å². The van der Waals surface area contributed by atoms with E-state index in [1.807, 2.05) is 54.7 Å². The zero-order valence-corrected chi connectivity index (χ0v) is 16.8. The van der Waals surface area contributed by atoms with Crippen LogP contribution in [-0.2, 0) is 11.2 Å². The summed E-state index contributed by atoms with van der Waals surface area (Å²) < 4.78 is 5.90. The summed E-state index contributed by atoms with van der Waals surface area (Å²) in [6.45, 7) is 7.92. The molecule has 0 bridgehead atoms. The Kier molecular flexibility index (Phi) is 6.37. The number of amides is 1. The second-order valence-corrected chi connectivity index (χ2v) is 7.96. The third-order valence-electron chi connectivity index (χ3n) is 4.43. The van der Waals surface area contributed by atoms with Gasteiger partial charge in [0.15, 0.2) is 0 Å². The summed E-state index contributed by atoms with van der Waals surface area (Å²) in [5.74, 6) is 0.644. The Balaban J connectivity index is 1.57. The molecule has 0 saturated carbocycles. The number of aromatic amines is 1. The summed E-state index contributed by atoms with van der Waals surface area (Å²) in [5.41, 5.74) is 2.85. The molecule has 1 amide bonds. The van der Waals surface area contributed by atoms with Gasteiger partial charge in [0.25, 0.3) is 0 Å². The highest BCUT2D eigenvalue weighted by Gasteiger charge is 2.11. The Morgan fingerprint density at radius 2 is 1.89 bits per heavy atom. The number of carbonyl (C=O) groups is 1. The zero-order chi connectivity index (χ0) is 20.0. The van der Waals surface area contributed by atoms with Crippen LogP contribution in [0.25, 0.3) is 10.9 Å². The quantitative estimate of drug-likeness (QED) is 0.505. The topological polar surface area (TPSA) is 66.2 Å². The molecule has 0 fully saturated rings. The number of aromatic nitrogens is 1. The van der Waals surface area contributed by atoms with Gasteiger partial charge in [-0.2, -0.15) is 0 Å². The van der Waals surface area contributed by atoms with Crippen LogP contribution in [0.2, 0.25) is 0 Å². The molecule has 148 valence electrons. The highest BCUT2D eigenvalue weighted by molar-refractivity contribution is 5.96. The maximum absolute atomic E-state index is 12.6. The Labute approximate surface area is 166 Å². The Hall–Kier alpha value is -2.79. The van der Waals surface area contributed by atoms with E-state index in [0.717, 1.165) is 29.4 Å². The van der Waals surface area contributed by atoms with E-state index in [1.54, 1.807) is 0 Å². The van der Waals surface area contributed by atoms with E-state index in [0.29, 0.717) is 24.5 Å². The van der Waals surface area contributed by atoms with Crippen LogP contribution in [0.5, 0.6) is 5.75 Å². The summed E-state index contributed by atoms with van der Waals surface area (Å²) in [6, 6.07) is 15.5. The smallest absolute Gasteiger partial charge is 0.228 e. The van der Waals surface area contributed by atoms with Crippen molar-refractivity contribution in [3.63, 3.8) is 0 Å². The molecule has 2 aromatic carbocycles. The number of rotatable bonds is 8. The van der Waals surface area contributed by atoms with E-state index >= 15 is 0 Å². The number of para-hydroxylation sites is 2. The first-order valence-corrected chi connectivity index (χ1v) is 9.74. The average molecular weight is 380 g/mol. The number of carbonyl (C=O) groups excluding carboxylic acids is 1. The average Bonchev–Trinajstić information content (AvgIpc) is 3.11. The number of ether oxygens (including phenoxy) is 1. The van der Waals surface area contributed by atoms with Gasteiger partial charge in [-0.3, -0.25) is 4.79 Å². The maximum atomic E-state index is 12.6. The largest absolute Gasteiger partial charge is 0.491 e. The normalized spacial score (nSPS) is 11.5. The lowest BCUT2D eigenvalue weighted by molar-refractivity contribution is -0.115. The van der Waals surface area contributed by atoms with Crippen LogP contribution in [-0.4, -0.2) is 29.6 Å². The molecule has 0 saturated heterocycles. The highest BCUT2D eigenvalue weighted by Crippen LogP contribution is 2.25. The number of hydrogen-bond acceptors (Lipinski definition) is 3. The van der Waals surface area contributed by atoms with Gasteiger partial charge < -0.3 is 20.4 Å². The fraction of sp³-hybridized carbons (Fsp3) is 0.348. The van der Waals surface area contributed by atoms with Gasteiger partial charge in [0, 0.05) is 22.6 Å². The van der Waals surface area contributed by atoms with Gasteiger partial charge >= 0.3 is 0 Å². The second-order valence-electron chi connectivity index (χ2n) is 7.96. The number of H-pyrrole nitrogens is 1. The van der Waals surface area contributed by atoms with E-state index in [9.17, 15) is 4.79 Å². The molecule has 0 unspecified atom stereocenters. The van der Waals surface area contributed by atoms with E-state index in [4.69, 9.17) is 4.74 Å². The highest BCUT2D eigenvalue weighted by atomic mass is 16.5. The summed E-state index contributed by atoms with van der Waals surface area (Å²) >= 11 is 0. The van der Waals surface area contributed by atoms with Crippen molar-refractivity contribution in [3.05, 3.63) is 60.3 Å². The molecule has 0 atom stereocenters. The molecule has 0 aliphatic rings. The van der Waals surface area contributed by atoms with Crippen molar-refractivity contribution in [2.24, 2.45) is 0 Å². The Bertz CT molecular complexity index is 925. The molecule has 5 heteroatoms. The molecular weight excluding hydrogens is 350 g/mol. The zero-order valence-electron chi connectivity index (χ0n) is 16.8. The lowest BCUT2D eigenvalue weighted by Crippen LogP contribution is -2.36. The van der Waals surface area contributed by atoms with Crippen LogP contribution >= 0.6 is 0 Å². The predicted molar refractivity (Wildman–Crippen MR) is 115 cm³/mol. The first-order chi connectivity index (χ1) is 13.4. The van der Waals surface area contributed by atoms with Crippen LogP contribution in [0.1, 0.15) is 32.8 Å². The lowest BCUT2D eigenvalue weighted by atomic mass is 10.1. The Morgan fingerprint density at radius 1 is 1.07 bits per heavy atom. The molecule has 1 heterocycles. The van der Waals surface area contributed by atoms with E-state index in [-0.39, 0.29) is 11.4 Å². The molecule has 0 spiro atoms. The van der Waals surface area contributed by atoms with Gasteiger partial charge in [-0.15, -0.1) is 0 Å². The summed E-state index contributed by atoms with van der Waals surface area (Å²) in [4.78, 5) is 15.8. The predicted octanol–water partition coefficient (Wildman–Crippen LogP) is 4.51. The van der Waals surface area contributed by atoms with Crippen molar-refractivity contribution in [3.8, 4) is 5.75 Å². The van der Waals surface area contributed by atoms with Gasteiger partial charge in [0.1, 0.15) is 5.75 Å². The van der Waals surface area contributed by atoms with Crippen LogP contribution in [0.4, 0.5) is 5.69 Å². The number of anilines is 1. The molecule has 3 aromatic rings. The van der Waals surface area contributed by atoms with Gasteiger partial charge in [0.2, 0.25) is 5.91 Å². The molecule has 0 radical (unpaired) electrons. The van der Waals surface area contributed by atoms with Crippen molar-refractivity contribution in [1.29, 1.82) is 0 Å². The molecule has 5 nitrogen and oxygen atoms in total. The van der Waals surface area contributed by atoms with Gasteiger partial charge in [-0.05, 0) is 63.6 Å². The summed E-state index contributed by atoms with van der Waals surface area (Å²) in [6.07, 6.45) is 3.11. The van der Waals surface area contributed by atoms with Crippen molar-refractivity contribution >= 4 is 22.5 Å². The van der Waals surface area contributed by atoms with Crippen molar-refractivity contribution < 1.29 is 9.53 Å². The van der Waals surface area contributed by atoms with Gasteiger partial charge in [-0.1, -0.05) is 24.3 Å². The van der Waals surface area contributed by atoms with Gasteiger partial charge in [0.05, 0.1) is 18.7 Å². The molecule has 28 heavy (non-hydrogen) atoms. The fourth-order valence-corrected chi connectivity index (χ4v) is 3.09. The SMILES string of the molecule is CC(C)(C)NCCCOc1ccccc1NC(=O)Cc1cccc2[nH]ccc12. The lowest BCUT2D eigenvalue weighted by Gasteiger charge is -2.20. The number of fused-ring (bicyclic) bond motifs is 1. The fourth-order valence-electron chi connectivity index (χ4n) is 3.09. The van der Waals surface area contributed by atoms with Crippen molar-refractivity contribution in [2.75, 3.05) is 18.5 Å². The number of benzene rings is 2. The maximum Gasteiger partial charge on any atom is 0.228 e. The second kappa shape index (κ2) is 8.93. The van der Waals surface area contributed by atoms with Crippen molar-refractivity contribution in [1.82, 2.24) is 10.3 Å². The molecule has 3 N–H and O–H groups in total. The minimum atomic E-state index is -0.0563. The van der Waals surface area contributed by atoms with Crippen LogP contribution in [0, 0.1) is 0 Å².